The van der Waals surface area contributed by atoms with Crippen LogP contribution in [0.4, 0.5) is 11.8 Å². The van der Waals surface area contributed by atoms with Crippen LogP contribution in [0.15, 0.2) is 30.6 Å². The first-order chi connectivity index (χ1) is 15.3. The quantitative estimate of drug-likeness (QED) is 0.490. The Morgan fingerprint density at radius 3 is 2.56 bits per heavy atom. The summed E-state index contributed by atoms with van der Waals surface area (Å²) >= 11 is 1.58. The molecule has 3 aromatic rings. The van der Waals surface area contributed by atoms with Gasteiger partial charge in [0.2, 0.25) is 5.95 Å². The number of aryl methyl sites for hydroxylation is 1. The molecule has 10 heteroatoms. The zero-order valence-electron chi connectivity index (χ0n) is 19.0. The van der Waals surface area contributed by atoms with Crippen LogP contribution < -0.4 is 5.32 Å². The number of nitrogens with zero attached hydrogens (tertiary/aromatic N) is 5. The molecule has 0 spiro atoms. The molecular weight excluding hydrogens is 428 g/mol. The summed E-state index contributed by atoms with van der Waals surface area (Å²) in [6.07, 6.45) is 2.97. The number of nitrogens with one attached hydrogen (secondary N) is 1. The summed E-state index contributed by atoms with van der Waals surface area (Å²) in [6.45, 7) is 9.40. The fourth-order valence-corrected chi connectivity index (χ4v) is 5.04. The van der Waals surface area contributed by atoms with Crippen molar-refractivity contribution < 1.29 is 14.3 Å². The van der Waals surface area contributed by atoms with Gasteiger partial charge in [0.15, 0.2) is 6.29 Å². The van der Waals surface area contributed by atoms with Gasteiger partial charge in [-0.1, -0.05) is 0 Å². The van der Waals surface area contributed by atoms with Crippen molar-refractivity contribution in [2.24, 2.45) is 7.05 Å². The number of hydrogen-bond acceptors (Lipinski definition) is 8. The summed E-state index contributed by atoms with van der Waals surface area (Å²) in [5.41, 5.74) is 1.01. The Labute approximate surface area is 191 Å². The molecule has 0 fully saturated rings. The zero-order valence-corrected chi connectivity index (χ0v) is 19.8. The van der Waals surface area contributed by atoms with Crippen molar-refractivity contribution >= 4 is 29.0 Å². The average molecular weight is 457 g/mol. The minimum atomic E-state index is -0.468. The molecule has 0 saturated carbocycles. The molecule has 0 bridgehead atoms. The molecule has 1 amide bonds. The van der Waals surface area contributed by atoms with E-state index in [4.69, 9.17) is 9.47 Å². The maximum Gasteiger partial charge on any atom is 0.256 e. The molecule has 0 unspecified atom stereocenters. The summed E-state index contributed by atoms with van der Waals surface area (Å²) in [4.78, 5) is 26.0. The highest BCUT2D eigenvalue weighted by Gasteiger charge is 2.46. The largest absolute Gasteiger partial charge is 0.351 e. The summed E-state index contributed by atoms with van der Waals surface area (Å²) < 4.78 is 13.1. The van der Waals surface area contributed by atoms with Gasteiger partial charge in [-0.15, -0.1) is 11.3 Å². The van der Waals surface area contributed by atoms with Crippen LogP contribution in [0, 0.1) is 0 Å². The van der Waals surface area contributed by atoms with Gasteiger partial charge in [-0.25, -0.2) is 9.97 Å². The van der Waals surface area contributed by atoms with E-state index in [0.717, 1.165) is 21.3 Å². The minimum Gasteiger partial charge on any atom is -0.351 e. The molecule has 3 aromatic heterocycles. The molecule has 4 rings (SSSR count). The third-order valence-corrected chi connectivity index (χ3v) is 6.91. The molecule has 9 nitrogen and oxygen atoms in total. The molecule has 4 heterocycles. The van der Waals surface area contributed by atoms with Gasteiger partial charge in [-0.2, -0.15) is 5.10 Å². The molecule has 0 aliphatic carbocycles. The molecule has 170 valence electrons. The van der Waals surface area contributed by atoms with Gasteiger partial charge in [0.25, 0.3) is 5.91 Å². The van der Waals surface area contributed by atoms with E-state index in [1.54, 1.807) is 28.4 Å². The molecule has 0 atom stereocenters. The standard InChI is InChI=1S/C22H28N6O3S/c1-6-30-18(31-7-2)13-28-20(29)14-12-16(32-19(14)22(28,3)4)15-8-10-23-21(25-15)26-17-9-11-24-27(17)5/h8-12,18H,6-7,13H2,1-5H3,(H,23,25,26). The highest BCUT2D eigenvalue weighted by Crippen LogP contribution is 2.46. The number of rotatable bonds is 9. The smallest absolute Gasteiger partial charge is 0.256 e. The lowest BCUT2D eigenvalue weighted by Gasteiger charge is -2.34. The number of fused-ring (bicyclic) bond motifs is 1. The summed E-state index contributed by atoms with van der Waals surface area (Å²) in [5, 5.41) is 7.31. The summed E-state index contributed by atoms with van der Waals surface area (Å²) in [6, 6.07) is 5.63. The van der Waals surface area contributed by atoms with Crippen molar-refractivity contribution in [3.05, 3.63) is 41.0 Å². The summed E-state index contributed by atoms with van der Waals surface area (Å²) in [5.74, 6) is 1.25. The SMILES string of the molecule is CCOC(CN1C(=O)c2cc(-c3ccnc(Nc4ccnn4C)n3)sc2C1(C)C)OCC. The first-order valence-electron chi connectivity index (χ1n) is 10.6. The van der Waals surface area contributed by atoms with Gasteiger partial charge >= 0.3 is 0 Å². The van der Waals surface area contributed by atoms with E-state index in [1.807, 2.05) is 44.0 Å². The van der Waals surface area contributed by atoms with Crippen molar-refractivity contribution in [2.75, 3.05) is 25.1 Å². The second kappa shape index (κ2) is 8.97. The number of aromatic nitrogens is 4. The number of carbonyl (C=O) groups is 1. The van der Waals surface area contributed by atoms with Crippen molar-refractivity contribution in [1.29, 1.82) is 0 Å². The Balaban J connectivity index is 1.58. The van der Waals surface area contributed by atoms with Gasteiger partial charge in [-0.05, 0) is 39.8 Å². The van der Waals surface area contributed by atoms with E-state index >= 15 is 0 Å². The second-order valence-corrected chi connectivity index (χ2v) is 8.95. The van der Waals surface area contributed by atoms with Gasteiger partial charge in [0.05, 0.1) is 34.4 Å². The van der Waals surface area contributed by atoms with Gasteiger partial charge < -0.3 is 19.7 Å². The predicted octanol–water partition coefficient (Wildman–Crippen LogP) is 3.77. The second-order valence-electron chi connectivity index (χ2n) is 7.90. The fraction of sp³-hybridized carbons (Fsp3) is 0.455. The van der Waals surface area contributed by atoms with Crippen LogP contribution in [-0.2, 0) is 22.1 Å². The number of thiophene rings is 1. The predicted molar refractivity (Wildman–Crippen MR) is 123 cm³/mol. The van der Waals surface area contributed by atoms with Crippen LogP contribution >= 0.6 is 11.3 Å². The molecule has 0 radical (unpaired) electrons. The number of amides is 1. The molecule has 1 aliphatic heterocycles. The van der Waals surface area contributed by atoms with Crippen LogP contribution in [0.25, 0.3) is 10.6 Å². The van der Waals surface area contributed by atoms with E-state index in [1.165, 1.54) is 0 Å². The third-order valence-electron chi connectivity index (χ3n) is 5.44. The fourth-order valence-electron chi connectivity index (χ4n) is 3.81. The topological polar surface area (TPSA) is 94.4 Å². The monoisotopic (exact) mass is 456 g/mol. The lowest BCUT2D eigenvalue weighted by atomic mass is 10.0. The van der Waals surface area contributed by atoms with Crippen LogP contribution in [0.2, 0.25) is 0 Å². The molecule has 0 aromatic carbocycles. The van der Waals surface area contributed by atoms with Crippen molar-refractivity contribution in [3.63, 3.8) is 0 Å². The van der Waals surface area contributed by atoms with Crippen LogP contribution in [0.1, 0.15) is 42.9 Å². The normalized spacial score (nSPS) is 14.9. The Morgan fingerprint density at radius 1 is 1.19 bits per heavy atom. The lowest BCUT2D eigenvalue weighted by Crippen LogP contribution is -2.45. The first-order valence-corrected chi connectivity index (χ1v) is 11.4. The first kappa shape index (κ1) is 22.4. The van der Waals surface area contributed by atoms with E-state index in [0.29, 0.717) is 31.3 Å². The number of carbonyl (C=O) groups excluding carboxylic acids is 1. The van der Waals surface area contributed by atoms with Crippen molar-refractivity contribution in [3.8, 4) is 10.6 Å². The number of ether oxygens (including phenoxy) is 2. The van der Waals surface area contributed by atoms with Crippen LogP contribution in [0.5, 0.6) is 0 Å². The minimum absolute atomic E-state index is 0.0146. The Kier molecular flexibility index (Phi) is 6.27. The molecule has 0 saturated heterocycles. The Hall–Kier alpha value is -2.82. The molecule has 1 N–H and O–H groups in total. The summed E-state index contributed by atoms with van der Waals surface area (Å²) in [7, 11) is 1.84. The highest BCUT2D eigenvalue weighted by molar-refractivity contribution is 7.16. The van der Waals surface area contributed by atoms with Gasteiger partial charge in [-0.3, -0.25) is 9.48 Å². The molecular formula is C22H28N6O3S. The van der Waals surface area contributed by atoms with Crippen molar-refractivity contribution in [2.45, 2.75) is 39.5 Å². The molecule has 1 aliphatic rings. The lowest BCUT2D eigenvalue weighted by molar-refractivity contribution is -0.149. The van der Waals surface area contributed by atoms with E-state index in [2.05, 4.69) is 34.2 Å². The van der Waals surface area contributed by atoms with E-state index < -0.39 is 11.8 Å². The maximum atomic E-state index is 13.3. The van der Waals surface area contributed by atoms with Crippen LogP contribution in [-0.4, -0.2) is 56.6 Å². The maximum absolute atomic E-state index is 13.3. The van der Waals surface area contributed by atoms with Gasteiger partial charge in [0, 0.05) is 37.4 Å². The van der Waals surface area contributed by atoms with Crippen LogP contribution in [0.3, 0.4) is 0 Å². The number of hydrogen-bond donors (Lipinski definition) is 1. The Bertz CT molecular complexity index is 1100. The van der Waals surface area contributed by atoms with E-state index in [9.17, 15) is 4.79 Å². The molecule has 32 heavy (non-hydrogen) atoms. The zero-order chi connectivity index (χ0) is 22.9. The third kappa shape index (κ3) is 4.13. The Morgan fingerprint density at radius 2 is 1.94 bits per heavy atom. The van der Waals surface area contributed by atoms with E-state index in [-0.39, 0.29) is 5.91 Å². The highest BCUT2D eigenvalue weighted by atomic mass is 32.1. The number of anilines is 2. The van der Waals surface area contributed by atoms with Crippen molar-refractivity contribution in [1.82, 2.24) is 24.6 Å². The average Bonchev–Trinajstić information content (AvgIpc) is 3.42. The van der Waals surface area contributed by atoms with Gasteiger partial charge in [0.1, 0.15) is 5.82 Å².